The number of carbonyl (C=O) groups is 1. The maximum atomic E-state index is 12.7. The molecule has 1 amide bonds. The molecule has 1 atom stereocenters. The van der Waals surface area contributed by atoms with Crippen molar-refractivity contribution in [2.24, 2.45) is 5.92 Å². The summed E-state index contributed by atoms with van der Waals surface area (Å²) in [6.07, 6.45) is 4.71. The van der Waals surface area contributed by atoms with Crippen molar-refractivity contribution in [3.05, 3.63) is 48.2 Å². The van der Waals surface area contributed by atoms with Crippen molar-refractivity contribution >= 4 is 38.4 Å². The molecule has 1 fully saturated rings. The molecule has 0 radical (unpaired) electrons. The molecule has 3 heterocycles. The van der Waals surface area contributed by atoms with Gasteiger partial charge >= 0.3 is 0 Å². The number of rotatable bonds is 4. The van der Waals surface area contributed by atoms with Crippen LogP contribution in [0, 0.1) is 5.92 Å². The van der Waals surface area contributed by atoms with Gasteiger partial charge in [-0.25, -0.2) is 9.97 Å². The van der Waals surface area contributed by atoms with Crippen LogP contribution in [-0.2, 0) is 11.2 Å². The fourth-order valence-electron chi connectivity index (χ4n) is 3.33. The molecule has 0 saturated carbocycles. The van der Waals surface area contributed by atoms with Gasteiger partial charge in [-0.2, -0.15) is 0 Å². The van der Waals surface area contributed by atoms with E-state index in [0.29, 0.717) is 6.54 Å². The molecule has 5 nitrogen and oxygen atoms in total. The second kappa shape index (κ2) is 7.41. The Hall–Kier alpha value is -2.47. The molecule has 4 rings (SSSR count). The molecule has 0 unspecified atom stereocenters. The van der Waals surface area contributed by atoms with Crippen LogP contribution in [0.4, 0.5) is 10.8 Å². The first-order chi connectivity index (χ1) is 12.7. The number of fused-ring (bicyclic) bond motifs is 1. The highest BCUT2D eigenvalue weighted by Gasteiger charge is 2.27. The van der Waals surface area contributed by atoms with Crippen LogP contribution in [-0.4, -0.2) is 29.0 Å². The fraction of sp³-hybridized carbons (Fsp3) is 0.350. The van der Waals surface area contributed by atoms with Crippen molar-refractivity contribution in [1.29, 1.82) is 0 Å². The van der Waals surface area contributed by atoms with Gasteiger partial charge in [-0.15, -0.1) is 0 Å². The Labute approximate surface area is 157 Å². The highest BCUT2D eigenvalue weighted by atomic mass is 32.1. The van der Waals surface area contributed by atoms with Gasteiger partial charge in [0.15, 0.2) is 5.13 Å². The molecule has 1 N–H and O–H groups in total. The van der Waals surface area contributed by atoms with Crippen LogP contribution in [0.1, 0.15) is 25.3 Å². The lowest BCUT2D eigenvalue weighted by Gasteiger charge is -2.31. The predicted molar refractivity (Wildman–Crippen MR) is 107 cm³/mol. The van der Waals surface area contributed by atoms with Crippen LogP contribution >= 0.6 is 11.3 Å². The minimum absolute atomic E-state index is 0.0189. The fourth-order valence-corrected chi connectivity index (χ4v) is 4.27. The van der Waals surface area contributed by atoms with Crippen molar-refractivity contribution in [2.45, 2.75) is 26.2 Å². The third kappa shape index (κ3) is 3.55. The molecular weight excluding hydrogens is 344 g/mol. The summed E-state index contributed by atoms with van der Waals surface area (Å²) < 4.78 is 0. The zero-order valence-electron chi connectivity index (χ0n) is 14.8. The van der Waals surface area contributed by atoms with E-state index in [2.05, 4.69) is 39.2 Å². The largest absolute Gasteiger partial charge is 0.347 e. The Morgan fingerprint density at radius 2 is 2.15 bits per heavy atom. The summed E-state index contributed by atoms with van der Waals surface area (Å²) >= 11 is 1.60. The van der Waals surface area contributed by atoms with Crippen molar-refractivity contribution in [2.75, 3.05) is 23.3 Å². The van der Waals surface area contributed by atoms with Crippen molar-refractivity contribution in [3.8, 4) is 0 Å². The summed E-state index contributed by atoms with van der Waals surface area (Å²) in [4.78, 5) is 24.9. The average Bonchev–Trinajstić information content (AvgIpc) is 3.13. The summed E-state index contributed by atoms with van der Waals surface area (Å²) in [7, 11) is 0. The van der Waals surface area contributed by atoms with E-state index in [1.165, 1.54) is 5.56 Å². The maximum Gasteiger partial charge on any atom is 0.229 e. The molecule has 1 aliphatic rings. The van der Waals surface area contributed by atoms with E-state index in [0.717, 1.165) is 47.0 Å². The number of nitrogens with one attached hydrogen (secondary N) is 1. The Bertz CT molecular complexity index is 873. The molecule has 0 bridgehead atoms. The van der Waals surface area contributed by atoms with Crippen LogP contribution in [0.2, 0.25) is 0 Å². The molecule has 6 heteroatoms. The van der Waals surface area contributed by atoms with E-state index in [1.54, 1.807) is 17.5 Å². The van der Waals surface area contributed by atoms with Crippen molar-refractivity contribution < 1.29 is 4.79 Å². The number of carbonyl (C=O) groups excluding carboxylic acids is 1. The molecule has 1 aromatic carbocycles. The predicted octanol–water partition coefficient (Wildman–Crippen LogP) is 4.11. The second-order valence-electron chi connectivity index (χ2n) is 6.65. The number of thiazole rings is 1. The third-order valence-corrected chi connectivity index (χ3v) is 5.89. The van der Waals surface area contributed by atoms with E-state index >= 15 is 0 Å². The SMILES string of the molecule is CCc1ccc(NC(=O)[C@H]2CCCN(c3nc4cccnc4s3)C2)cc1. The number of amides is 1. The molecule has 2 aromatic heterocycles. The number of hydrogen-bond donors (Lipinski definition) is 1. The van der Waals surface area contributed by atoms with Gasteiger partial charge in [0, 0.05) is 25.0 Å². The number of aromatic nitrogens is 2. The van der Waals surface area contributed by atoms with E-state index in [-0.39, 0.29) is 11.8 Å². The lowest BCUT2D eigenvalue weighted by molar-refractivity contribution is -0.120. The van der Waals surface area contributed by atoms with E-state index in [9.17, 15) is 4.79 Å². The number of pyridine rings is 1. The van der Waals surface area contributed by atoms with E-state index in [4.69, 9.17) is 0 Å². The van der Waals surface area contributed by atoms with Crippen LogP contribution in [0.15, 0.2) is 42.6 Å². The van der Waals surface area contributed by atoms with E-state index < -0.39 is 0 Å². The van der Waals surface area contributed by atoms with Crippen LogP contribution in [0.5, 0.6) is 0 Å². The van der Waals surface area contributed by atoms with Gasteiger partial charge in [-0.3, -0.25) is 4.79 Å². The van der Waals surface area contributed by atoms with Gasteiger partial charge in [0.1, 0.15) is 10.3 Å². The highest BCUT2D eigenvalue weighted by molar-refractivity contribution is 7.21. The smallest absolute Gasteiger partial charge is 0.229 e. The summed E-state index contributed by atoms with van der Waals surface area (Å²) in [5.74, 6) is 0.0766. The average molecular weight is 366 g/mol. The minimum Gasteiger partial charge on any atom is -0.347 e. The molecule has 3 aromatic rings. The number of anilines is 2. The molecule has 1 saturated heterocycles. The topological polar surface area (TPSA) is 58.1 Å². The molecule has 0 aliphatic carbocycles. The summed E-state index contributed by atoms with van der Waals surface area (Å²) in [6, 6.07) is 12.0. The maximum absolute atomic E-state index is 12.7. The van der Waals surface area contributed by atoms with Gasteiger partial charge < -0.3 is 10.2 Å². The first-order valence-electron chi connectivity index (χ1n) is 9.09. The van der Waals surface area contributed by atoms with Crippen LogP contribution < -0.4 is 10.2 Å². The van der Waals surface area contributed by atoms with Gasteiger partial charge in [-0.1, -0.05) is 30.4 Å². The van der Waals surface area contributed by atoms with Crippen LogP contribution in [0.25, 0.3) is 10.3 Å². The minimum atomic E-state index is -0.0189. The second-order valence-corrected chi connectivity index (χ2v) is 7.60. The molecular formula is C20H22N4OS. The summed E-state index contributed by atoms with van der Waals surface area (Å²) in [5, 5.41) is 4.03. The van der Waals surface area contributed by atoms with Gasteiger partial charge in [-0.05, 0) is 49.1 Å². The highest BCUT2D eigenvalue weighted by Crippen LogP contribution is 2.30. The molecule has 26 heavy (non-hydrogen) atoms. The first-order valence-corrected chi connectivity index (χ1v) is 9.91. The zero-order valence-corrected chi connectivity index (χ0v) is 15.6. The Morgan fingerprint density at radius 3 is 2.92 bits per heavy atom. The Morgan fingerprint density at radius 1 is 1.31 bits per heavy atom. The van der Waals surface area contributed by atoms with Gasteiger partial charge in [0.2, 0.25) is 5.91 Å². The first kappa shape index (κ1) is 17.0. The number of nitrogens with zero attached hydrogens (tertiary/aromatic N) is 3. The number of benzene rings is 1. The third-order valence-electron chi connectivity index (χ3n) is 4.85. The molecule has 134 valence electrons. The normalized spacial score (nSPS) is 17.4. The van der Waals surface area contributed by atoms with Gasteiger partial charge in [0.05, 0.1) is 5.92 Å². The monoisotopic (exact) mass is 366 g/mol. The lowest BCUT2D eigenvalue weighted by Crippen LogP contribution is -2.40. The summed E-state index contributed by atoms with van der Waals surface area (Å²) in [6.45, 7) is 3.77. The number of hydrogen-bond acceptors (Lipinski definition) is 5. The van der Waals surface area contributed by atoms with Crippen molar-refractivity contribution in [3.63, 3.8) is 0 Å². The Kier molecular flexibility index (Phi) is 4.84. The standard InChI is InChI=1S/C20H22N4OS/c1-2-14-7-9-16(10-8-14)22-18(25)15-5-4-12-24(13-15)20-23-17-6-3-11-21-19(17)26-20/h3,6-11,15H,2,4-5,12-13H2,1H3,(H,22,25)/t15-/m0/s1. The summed E-state index contributed by atoms with van der Waals surface area (Å²) in [5.41, 5.74) is 3.07. The van der Waals surface area contributed by atoms with Gasteiger partial charge in [0.25, 0.3) is 0 Å². The molecule has 0 spiro atoms. The number of piperidine rings is 1. The van der Waals surface area contributed by atoms with Crippen molar-refractivity contribution in [1.82, 2.24) is 9.97 Å². The Balaban J connectivity index is 1.44. The van der Waals surface area contributed by atoms with Crippen LogP contribution in [0.3, 0.4) is 0 Å². The zero-order chi connectivity index (χ0) is 17.9. The molecule has 1 aliphatic heterocycles. The van der Waals surface area contributed by atoms with E-state index in [1.807, 2.05) is 24.3 Å². The lowest BCUT2D eigenvalue weighted by atomic mass is 9.97. The quantitative estimate of drug-likeness (QED) is 0.755. The number of aryl methyl sites for hydroxylation is 1.